The van der Waals surface area contributed by atoms with Crippen molar-refractivity contribution in [3.05, 3.63) is 182 Å². The minimum absolute atomic E-state index is 0.0125. The van der Waals surface area contributed by atoms with Crippen LogP contribution < -0.4 is 0 Å². The van der Waals surface area contributed by atoms with Gasteiger partial charge in [0.05, 0.1) is 23.3 Å². The van der Waals surface area contributed by atoms with Crippen LogP contribution in [0.15, 0.2) is 182 Å². The van der Waals surface area contributed by atoms with Crippen molar-refractivity contribution in [1.82, 2.24) is 0 Å². The largest absolute Gasteiger partial charge is 0.0630 e. The second-order valence-corrected chi connectivity index (χ2v) is 13.1. The number of fused-ring (bicyclic) bond motifs is 2. The van der Waals surface area contributed by atoms with Gasteiger partial charge in [-0.25, -0.2) is 0 Å². The van der Waals surface area contributed by atoms with Gasteiger partial charge in [0, 0.05) is 0 Å². The first-order chi connectivity index (χ1) is 32.9. The van der Waals surface area contributed by atoms with E-state index in [2.05, 4.69) is 0 Å². The summed E-state index contributed by atoms with van der Waals surface area (Å²) in [4.78, 5) is 0. The van der Waals surface area contributed by atoms with E-state index in [1.165, 1.54) is 6.07 Å². The topological polar surface area (TPSA) is 0 Å². The molecule has 0 heterocycles. The van der Waals surface area contributed by atoms with Gasteiger partial charge in [-0.1, -0.05) is 157 Å². The summed E-state index contributed by atoms with van der Waals surface area (Å²) in [6, 6.07) is 16.0. The van der Waals surface area contributed by atoms with Gasteiger partial charge in [-0.2, -0.15) is 0 Å². The molecule has 0 bridgehead atoms. The van der Waals surface area contributed by atoms with Crippen molar-refractivity contribution < 1.29 is 23.3 Å². The summed E-state index contributed by atoms with van der Waals surface area (Å²) in [5, 5.41) is 2.59. The van der Waals surface area contributed by atoms with Crippen molar-refractivity contribution in [2.45, 2.75) is 0 Å². The molecule has 0 aliphatic carbocycles. The average Bonchev–Trinajstić information content (AvgIpc) is 3.33. The zero-order valence-electron chi connectivity index (χ0n) is 44.0. The third-order valence-electron chi connectivity index (χ3n) is 10.3. The smallest absolute Gasteiger partial charge is 0.0616 e. The Hall–Kier alpha value is -6.76. The van der Waals surface area contributed by atoms with Crippen LogP contribution in [0.25, 0.3) is 120 Å². The van der Waals surface area contributed by atoms with Crippen LogP contribution in [-0.4, -0.2) is 0 Å². The molecule has 0 amide bonds. The molecule has 12 rings (SSSR count). The number of hydrogen-bond acceptors (Lipinski definition) is 0. The monoisotopic (exact) mass is 671 g/mol. The molecular formula is C52H30. The molecule has 0 radical (unpaired) electrons. The first kappa shape index (κ1) is 16.5. The molecule has 238 valence electrons. The molecule has 0 N–H and O–H groups in total. The van der Waals surface area contributed by atoms with Gasteiger partial charge in [-0.3, -0.25) is 0 Å². The molecule has 0 aliphatic rings. The molecule has 0 saturated heterocycles. The lowest BCUT2D eigenvalue weighted by Gasteiger charge is -2.19. The fourth-order valence-electron chi connectivity index (χ4n) is 7.95. The van der Waals surface area contributed by atoms with Gasteiger partial charge in [0.1, 0.15) is 0 Å². The fourth-order valence-corrected chi connectivity index (χ4v) is 7.95. The zero-order chi connectivity index (χ0) is 48.7. The first-order valence-corrected chi connectivity index (χ1v) is 16.8. The summed E-state index contributed by atoms with van der Waals surface area (Å²) in [5.74, 6) is 0. The van der Waals surface area contributed by atoms with Crippen LogP contribution in [0, 0.1) is 0 Å². The lowest BCUT2D eigenvalue weighted by molar-refractivity contribution is 1.64. The molecule has 0 nitrogen and oxygen atoms in total. The van der Waals surface area contributed by atoms with Crippen molar-refractivity contribution in [3.8, 4) is 33.4 Å². The van der Waals surface area contributed by atoms with Gasteiger partial charge < -0.3 is 0 Å². The van der Waals surface area contributed by atoms with Gasteiger partial charge in [0.15, 0.2) is 0 Å². The number of benzene rings is 12. The molecule has 0 saturated carbocycles. The van der Waals surface area contributed by atoms with E-state index in [0.717, 1.165) is 5.39 Å². The minimum atomic E-state index is -0.572. The van der Waals surface area contributed by atoms with Crippen LogP contribution in [0.1, 0.15) is 23.3 Å². The number of rotatable bonds is 3. The first-order valence-electron chi connectivity index (χ1n) is 25.3. The maximum atomic E-state index is 9.71. The van der Waals surface area contributed by atoms with E-state index in [0.29, 0.717) is 38.4 Å². The van der Waals surface area contributed by atoms with E-state index in [-0.39, 0.29) is 106 Å². The van der Waals surface area contributed by atoms with Crippen LogP contribution in [0.5, 0.6) is 0 Å². The van der Waals surface area contributed by atoms with E-state index in [9.17, 15) is 11.0 Å². The predicted molar refractivity (Wildman–Crippen MR) is 225 cm³/mol. The molecule has 0 spiro atoms. The Labute approximate surface area is 324 Å². The van der Waals surface area contributed by atoms with Crippen LogP contribution in [0.4, 0.5) is 0 Å². The molecule has 0 atom stereocenters. The molecule has 0 aliphatic heterocycles. The highest BCUT2D eigenvalue weighted by Gasteiger charge is 2.19. The van der Waals surface area contributed by atoms with Crippen molar-refractivity contribution in [3.63, 3.8) is 0 Å². The normalized spacial score (nSPS) is 16.8. The minimum Gasteiger partial charge on any atom is -0.0616 e. The molecule has 12 aromatic rings. The molecule has 0 aromatic heterocycles. The quantitative estimate of drug-likeness (QED) is 0.164. The second kappa shape index (κ2) is 10.4. The van der Waals surface area contributed by atoms with Gasteiger partial charge in [0.25, 0.3) is 0 Å². The molecule has 52 heavy (non-hydrogen) atoms. The van der Waals surface area contributed by atoms with Crippen LogP contribution in [-0.2, 0) is 0 Å². The van der Waals surface area contributed by atoms with E-state index in [1.54, 1.807) is 18.2 Å². The van der Waals surface area contributed by atoms with Crippen molar-refractivity contribution >= 4 is 86.2 Å². The van der Waals surface area contributed by atoms with Crippen molar-refractivity contribution in [2.24, 2.45) is 0 Å². The van der Waals surface area contributed by atoms with Crippen molar-refractivity contribution in [1.29, 1.82) is 0 Å². The third kappa shape index (κ3) is 3.87. The highest BCUT2D eigenvalue weighted by atomic mass is 14.2. The summed E-state index contributed by atoms with van der Waals surface area (Å²) in [7, 11) is 0. The van der Waals surface area contributed by atoms with E-state index in [4.69, 9.17) is 12.3 Å². The summed E-state index contributed by atoms with van der Waals surface area (Å²) in [6.45, 7) is 0. The standard InChI is InChI=1S/C52H30/c1-2-8-38-29-48(43-24-20-36-18-16-32-11-6-13-34-22-26-45(43)52(36)50(32)34)46(28-37(38)7-1)40-27-39-9-3-4-14-41(39)47(30-40)42-23-19-35-17-15-31-10-5-12-33-21-25-44(42)51(35)49(31)33/h1-30H/i5D,6D,11D,12D,13D,15D,16D,17D,18D,19D,20D,21D,22D,23D,24D,25D,26D. The maximum absolute atomic E-state index is 9.71. The average molecular weight is 672 g/mol. The Kier molecular flexibility index (Phi) is 3.30. The SMILES string of the molecule is [2H]c1cc2c([2H])c([2H])c3c([2H])c([2H])c(-c4cc(-c5cc6ccccc6cc5-c5c([2H])c([2H])c6c([2H])c([2H])c7c([2H])c([2H])c([2H])c8c([2H])c([2H])c5c6c78)cc5ccccc45)c4c([2H])c([2H])c(c1[2H])c2c34. The Morgan fingerprint density at radius 3 is 1.46 bits per heavy atom. The molecule has 0 heteroatoms. The lowest BCUT2D eigenvalue weighted by atomic mass is 9.84. The van der Waals surface area contributed by atoms with Crippen LogP contribution in [0.2, 0.25) is 0 Å². The van der Waals surface area contributed by atoms with E-state index >= 15 is 0 Å². The van der Waals surface area contributed by atoms with Gasteiger partial charge in [-0.15, -0.1) is 0 Å². The van der Waals surface area contributed by atoms with Gasteiger partial charge in [-0.05, 0) is 144 Å². The molecular weight excluding hydrogens is 625 g/mol. The third-order valence-corrected chi connectivity index (χ3v) is 10.3. The zero-order valence-corrected chi connectivity index (χ0v) is 27.0. The van der Waals surface area contributed by atoms with Crippen LogP contribution in [0.3, 0.4) is 0 Å². The highest BCUT2D eigenvalue weighted by Crippen LogP contribution is 2.46. The molecule has 0 fully saturated rings. The van der Waals surface area contributed by atoms with Crippen molar-refractivity contribution in [2.75, 3.05) is 0 Å². The van der Waals surface area contributed by atoms with Gasteiger partial charge in [0.2, 0.25) is 0 Å². The Bertz CT molecular complexity index is 4360. The molecule has 12 aromatic carbocycles. The lowest BCUT2D eigenvalue weighted by Crippen LogP contribution is -1.92. The van der Waals surface area contributed by atoms with E-state index in [1.807, 2.05) is 54.6 Å². The fraction of sp³-hybridized carbons (Fsp3) is 0. The van der Waals surface area contributed by atoms with Crippen LogP contribution >= 0.6 is 0 Å². The molecule has 0 unspecified atom stereocenters. The summed E-state index contributed by atoms with van der Waals surface area (Å²) >= 11 is 0. The Morgan fingerprint density at radius 2 is 0.769 bits per heavy atom. The Balaban J connectivity index is 1.27. The summed E-state index contributed by atoms with van der Waals surface area (Å²) in [6.07, 6.45) is 0. The summed E-state index contributed by atoms with van der Waals surface area (Å²) < 4.78 is 156. The second-order valence-electron chi connectivity index (χ2n) is 13.1. The maximum Gasteiger partial charge on any atom is 0.0630 e. The number of hydrogen-bond donors (Lipinski definition) is 0. The highest BCUT2D eigenvalue weighted by molar-refractivity contribution is 6.27. The summed E-state index contributed by atoms with van der Waals surface area (Å²) in [5.41, 5.74) is 1.72. The van der Waals surface area contributed by atoms with E-state index < -0.39 is 72.5 Å². The van der Waals surface area contributed by atoms with Gasteiger partial charge >= 0.3 is 0 Å². The Morgan fingerprint density at radius 1 is 0.269 bits per heavy atom. The predicted octanol–water partition coefficient (Wildman–Crippen LogP) is 14.8.